The molecule has 2 aromatic rings. The van der Waals surface area contributed by atoms with Crippen LogP contribution in [-0.2, 0) is 34.7 Å². The molecule has 0 bridgehead atoms. The number of hydrogen-bond donors (Lipinski definition) is 2. The summed E-state index contributed by atoms with van der Waals surface area (Å²) in [4.78, 5) is 21.9. The summed E-state index contributed by atoms with van der Waals surface area (Å²) in [5, 5.41) is 19.9. The summed E-state index contributed by atoms with van der Waals surface area (Å²) in [6.45, 7) is 9.98. The van der Waals surface area contributed by atoms with Crippen molar-refractivity contribution in [1.82, 2.24) is 19.6 Å². The minimum Gasteiger partial charge on any atom is -0.798 e. The van der Waals surface area contributed by atoms with Gasteiger partial charge in [-0.25, -0.2) is 0 Å². The molecule has 38 heavy (non-hydrogen) atoms. The maximum Gasteiger partial charge on any atom is 5.00 e. The molecule has 209 valence electrons. The van der Waals surface area contributed by atoms with Gasteiger partial charge in [-0.15, -0.1) is 0 Å². The van der Waals surface area contributed by atoms with Gasteiger partial charge in [0.1, 0.15) is 0 Å². The standard InChI is InChI=1S/C28H45N4O4P.Fe/c1-25(33)19-29-13-14-30(20-26(2)34)16-18-31(17-15-29)23-37(35,36)24-32(21-27-9-5-3-6-10-27)22-28-11-7-4-8-12-28;/h3-12,25-26,33-34H,13-24H2,1-2H3,(H,35,36);/q;+5/p-1/t25-,26-;/m0./s1. The molecule has 0 aliphatic carbocycles. The minimum absolute atomic E-state index is 0. The largest absolute Gasteiger partial charge is 5.00 e. The molecule has 1 fully saturated rings. The fourth-order valence-corrected chi connectivity index (χ4v) is 6.72. The van der Waals surface area contributed by atoms with Gasteiger partial charge in [0.05, 0.1) is 12.2 Å². The molecule has 1 radical (unpaired) electrons. The number of aliphatic hydroxyl groups excluding tert-OH is 2. The average molecular weight is 588 g/mol. The zero-order chi connectivity index (χ0) is 26.7. The monoisotopic (exact) mass is 587 g/mol. The molecule has 3 rings (SSSR count). The van der Waals surface area contributed by atoms with Gasteiger partial charge in [0, 0.05) is 85.4 Å². The second kappa shape index (κ2) is 16.9. The summed E-state index contributed by atoms with van der Waals surface area (Å²) in [6.07, 6.45) is -0.885. The summed E-state index contributed by atoms with van der Waals surface area (Å²) < 4.78 is 13.5. The Morgan fingerprint density at radius 3 is 1.50 bits per heavy atom. The van der Waals surface area contributed by atoms with Crippen molar-refractivity contribution in [2.45, 2.75) is 39.1 Å². The molecule has 2 aromatic carbocycles. The molecule has 0 saturated carbocycles. The van der Waals surface area contributed by atoms with E-state index in [-0.39, 0.29) is 29.6 Å². The third kappa shape index (κ3) is 12.8. The van der Waals surface area contributed by atoms with E-state index in [1.54, 1.807) is 13.8 Å². The second-order valence-corrected chi connectivity index (χ2v) is 12.7. The first-order valence-corrected chi connectivity index (χ1v) is 15.3. The first kappa shape index (κ1) is 33.1. The fourth-order valence-electron chi connectivity index (χ4n) is 4.93. The number of aliphatic hydroxyl groups is 2. The minimum atomic E-state index is -3.77. The van der Waals surface area contributed by atoms with Gasteiger partial charge >= 0.3 is 17.1 Å². The third-order valence-electron chi connectivity index (χ3n) is 6.57. The van der Waals surface area contributed by atoms with Crippen LogP contribution in [0.3, 0.4) is 0 Å². The van der Waals surface area contributed by atoms with Crippen molar-refractivity contribution in [3.8, 4) is 0 Å². The Balaban J connectivity index is 0.00000507. The van der Waals surface area contributed by atoms with E-state index in [4.69, 9.17) is 0 Å². The van der Waals surface area contributed by atoms with E-state index in [1.807, 2.05) is 70.5 Å². The van der Waals surface area contributed by atoms with Gasteiger partial charge in [0.15, 0.2) is 0 Å². The first-order chi connectivity index (χ1) is 17.7. The molecule has 10 heteroatoms. The fraction of sp³-hybridized carbons (Fsp3) is 0.571. The van der Waals surface area contributed by atoms with Crippen LogP contribution < -0.4 is 4.89 Å². The van der Waals surface area contributed by atoms with Crippen molar-refractivity contribution < 1.29 is 36.7 Å². The van der Waals surface area contributed by atoms with Crippen LogP contribution in [0.15, 0.2) is 60.7 Å². The maximum atomic E-state index is 13.5. The Morgan fingerprint density at radius 2 is 1.13 bits per heavy atom. The van der Waals surface area contributed by atoms with Gasteiger partial charge in [-0.2, -0.15) is 0 Å². The Hall–Kier alpha value is -1.09. The Labute approximate surface area is 239 Å². The summed E-state index contributed by atoms with van der Waals surface area (Å²) in [5.74, 6) is 0. The molecule has 8 nitrogen and oxygen atoms in total. The summed E-state index contributed by atoms with van der Waals surface area (Å²) >= 11 is 0. The Bertz CT molecular complexity index is 891. The van der Waals surface area contributed by atoms with E-state index in [0.717, 1.165) is 24.2 Å². The smallest absolute Gasteiger partial charge is 0.798 e. The number of nitrogens with zero attached hydrogens (tertiary/aromatic N) is 4. The molecule has 1 aliphatic rings. The molecule has 1 heterocycles. The summed E-state index contributed by atoms with van der Waals surface area (Å²) in [7, 11) is -3.77. The SMILES string of the molecule is C[C@H](O)CN1CCN(C[C@H](C)O)CCN(CP(=O)([O-])CN(Cc2ccccc2)Cc2ccccc2)CC1.[Fe+5]. The van der Waals surface area contributed by atoms with Crippen LogP contribution in [0, 0.1) is 0 Å². The quantitative estimate of drug-likeness (QED) is 0.288. The molecule has 1 unspecified atom stereocenters. The number of β-amino-alcohol motifs (C(OH)–C–C–N with tert-alkyl or cyclic N) is 2. The second-order valence-electron chi connectivity index (χ2n) is 10.5. The van der Waals surface area contributed by atoms with Gasteiger partial charge in [-0.3, -0.25) is 19.6 Å². The zero-order valence-corrected chi connectivity index (χ0v) is 24.7. The summed E-state index contributed by atoms with van der Waals surface area (Å²) in [5.41, 5.74) is 2.17. The van der Waals surface area contributed by atoms with Crippen LogP contribution in [0.1, 0.15) is 25.0 Å². The molecular formula is C28H44FeN4O4P+4. The maximum absolute atomic E-state index is 13.5. The van der Waals surface area contributed by atoms with Crippen molar-refractivity contribution in [3.63, 3.8) is 0 Å². The van der Waals surface area contributed by atoms with Crippen molar-refractivity contribution >= 4 is 7.37 Å². The average Bonchev–Trinajstić information content (AvgIpc) is 2.91. The van der Waals surface area contributed by atoms with Crippen molar-refractivity contribution in [1.29, 1.82) is 0 Å². The van der Waals surface area contributed by atoms with E-state index < -0.39 is 19.6 Å². The number of rotatable bonds is 12. The van der Waals surface area contributed by atoms with Crippen LogP contribution in [0.2, 0.25) is 0 Å². The molecule has 0 amide bonds. The van der Waals surface area contributed by atoms with E-state index >= 15 is 0 Å². The van der Waals surface area contributed by atoms with Gasteiger partial charge < -0.3 is 19.7 Å². The normalized spacial score (nSPS) is 19.5. The zero-order valence-electron chi connectivity index (χ0n) is 22.7. The molecule has 3 atom stereocenters. The number of hydrogen-bond acceptors (Lipinski definition) is 8. The third-order valence-corrected chi connectivity index (χ3v) is 8.23. The van der Waals surface area contributed by atoms with Crippen LogP contribution in [0.4, 0.5) is 0 Å². The van der Waals surface area contributed by atoms with Crippen LogP contribution in [-0.4, -0.2) is 107 Å². The first-order valence-electron chi connectivity index (χ1n) is 13.3. The van der Waals surface area contributed by atoms with Gasteiger partial charge in [0.25, 0.3) is 0 Å². The Morgan fingerprint density at radius 1 is 0.763 bits per heavy atom. The molecule has 0 spiro atoms. The molecule has 2 N–H and O–H groups in total. The summed E-state index contributed by atoms with van der Waals surface area (Å²) in [6, 6.07) is 20.0. The van der Waals surface area contributed by atoms with Crippen LogP contribution >= 0.6 is 7.37 Å². The predicted octanol–water partition coefficient (Wildman–Crippen LogP) is 1.92. The topological polar surface area (TPSA) is 93.5 Å². The molecule has 1 aliphatic heterocycles. The number of benzene rings is 2. The van der Waals surface area contributed by atoms with Gasteiger partial charge in [-0.05, 0) is 25.0 Å². The Kier molecular flexibility index (Phi) is 14.7. The van der Waals surface area contributed by atoms with E-state index in [9.17, 15) is 19.7 Å². The molecule has 0 aromatic heterocycles. The van der Waals surface area contributed by atoms with Crippen molar-refractivity contribution in [2.24, 2.45) is 0 Å². The van der Waals surface area contributed by atoms with E-state index in [0.29, 0.717) is 52.4 Å². The van der Waals surface area contributed by atoms with Crippen LogP contribution in [0.5, 0.6) is 0 Å². The van der Waals surface area contributed by atoms with E-state index in [1.165, 1.54) is 0 Å². The molecular weight excluding hydrogens is 543 g/mol. The van der Waals surface area contributed by atoms with Crippen molar-refractivity contribution in [3.05, 3.63) is 71.8 Å². The van der Waals surface area contributed by atoms with E-state index in [2.05, 4.69) is 9.80 Å². The van der Waals surface area contributed by atoms with Crippen LogP contribution in [0.25, 0.3) is 0 Å². The van der Waals surface area contributed by atoms with Crippen molar-refractivity contribution in [2.75, 3.05) is 64.9 Å². The predicted molar refractivity (Wildman–Crippen MR) is 147 cm³/mol. The van der Waals surface area contributed by atoms with Gasteiger partial charge in [0.2, 0.25) is 0 Å². The molecule has 1 saturated heterocycles. The van der Waals surface area contributed by atoms with Gasteiger partial charge in [-0.1, -0.05) is 60.7 Å².